The maximum Gasteiger partial charge on any atom is 0.251 e. The summed E-state index contributed by atoms with van der Waals surface area (Å²) in [6.07, 6.45) is 4.37. The number of hydrogen-bond acceptors (Lipinski definition) is 6. The van der Waals surface area contributed by atoms with Crippen molar-refractivity contribution in [2.75, 3.05) is 13.1 Å². The molecule has 4 rings (SSSR count). The number of aromatic hydroxyl groups is 1. The molecule has 0 aliphatic rings. The molecule has 0 spiro atoms. The van der Waals surface area contributed by atoms with Gasteiger partial charge in [-0.2, -0.15) is 0 Å². The number of hydrogen-bond donors (Lipinski definition) is 3. The van der Waals surface area contributed by atoms with E-state index in [1.165, 1.54) is 0 Å². The molecule has 1 aromatic carbocycles. The number of phenols is 1. The van der Waals surface area contributed by atoms with Crippen LogP contribution in [-0.4, -0.2) is 43.6 Å². The quantitative estimate of drug-likeness (QED) is 0.312. The number of benzene rings is 1. The van der Waals surface area contributed by atoms with E-state index in [1.807, 2.05) is 58.2 Å². The Morgan fingerprint density at radius 1 is 1.08 bits per heavy atom. The van der Waals surface area contributed by atoms with Gasteiger partial charge in [0.25, 0.3) is 5.91 Å². The van der Waals surface area contributed by atoms with Crippen LogP contribution in [0.5, 0.6) is 5.75 Å². The second kappa shape index (κ2) is 10.3. The normalized spacial score (nSPS) is 13.3. The molecule has 1 unspecified atom stereocenters. The van der Waals surface area contributed by atoms with Crippen LogP contribution in [0.1, 0.15) is 88.0 Å². The van der Waals surface area contributed by atoms with Gasteiger partial charge >= 0.3 is 0 Å². The lowest BCUT2D eigenvalue weighted by Crippen LogP contribution is -2.28. The van der Waals surface area contributed by atoms with Crippen LogP contribution >= 0.6 is 0 Å². The van der Waals surface area contributed by atoms with Gasteiger partial charge in [0.2, 0.25) is 0 Å². The summed E-state index contributed by atoms with van der Waals surface area (Å²) in [5.41, 5.74) is 11.5. The van der Waals surface area contributed by atoms with E-state index >= 15 is 0 Å². The molecule has 1 amide bonds. The molecule has 0 aliphatic heterocycles. The summed E-state index contributed by atoms with van der Waals surface area (Å²) in [6.45, 7) is 15.9. The van der Waals surface area contributed by atoms with E-state index in [0.717, 1.165) is 45.3 Å². The molecule has 0 fully saturated rings. The first-order valence-corrected chi connectivity index (χ1v) is 13.3. The first-order valence-electron chi connectivity index (χ1n) is 13.3. The lowest BCUT2D eigenvalue weighted by molar-refractivity contribution is 0.0952. The number of rotatable bonds is 7. The Morgan fingerprint density at radius 2 is 1.74 bits per heavy atom. The Balaban J connectivity index is 1.63. The van der Waals surface area contributed by atoms with Crippen molar-refractivity contribution in [1.82, 2.24) is 24.8 Å². The van der Waals surface area contributed by atoms with E-state index in [9.17, 15) is 9.90 Å². The number of imidazole rings is 1. The van der Waals surface area contributed by atoms with Gasteiger partial charge in [-0.25, -0.2) is 9.97 Å². The zero-order valence-corrected chi connectivity index (χ0v) is 23.6. The maximum atomic E-state index is 13.3. The summed E-state index contributed by atoms with van der Waals surface area (Å²) in [5, 5.41) is 14.1. The fourth-order valence-corrected chi connectivity index (χ4v) is 4.87. The van der Waals surface area contributed by atoms with Crippen LogP contribution in [0.3, 0.4) is 0 Å². The molecule has 0 aliphatic carbocycles. The highest BCUT2D eigenvalue weighted by molar-refractivity contribution is 6.01. The molecule has 4 N–H and O–H groups in total. The van der Waals surface area contributed by atoms with Crippen molar-refractivity contribution in [1.29, 1.82) is 0 Å². The highest BCUT2D eigenvalue weighted by Gasteiger charge is 2.28. The minimum atomic E-state index is -0.309. The molecule has 3 aromatic heterocycles. The molecule has 3 heterocycles. The van der Waals surface area contributed by atoms with Gasteiger partial charge in [-0.3, -0.25) is 9.78 Å². The Labute approximate surface area is 224 Å². The minimum absolute atomic E-state index is 0.165. The summed E-state index contributed by atoms with van der Waals surface area (Å²) in [6, 6.07) is 7.46. The fourth-order valence-electron chi connectivity index (χ4n) is 4.87. The van der Waals surface area contributed by atoms with E-state index in [1.54, 1.807) is 24.7 Å². The first-order chi connectivity index (χ1) is 17.8. The van der Waals surface area contributed by atoms with Crippen LogP contribution in [0.25, 0.3) is 22.1 Å². The van der Waals surface area contributed by atoms with Crippen molar-refractivity contribution in [3.63, 3.8) is 0 Å². The molecule has 8 nitrogen and oxygen atoms in total. The molecule has 0 bridgehead atoms. The smallest absolute Gasteiger partial charge is 0.251 e. The van der Waals surface area contributed by atoms with Crippen molar-refractivity contribution in [2.45, 2.75) is 78.2 Å². The van der Waals surface area contributed by atoms with Gasteiger partial charge in [-0.05, 0) is 48.1 Å². The van der Waals surface area contributed by atoms with E-state index in [0.29, 0.717) is 25.2 Å². The molecule has 0 radical (unpaired) electrons. The van der Waals surface area contributed by atoms with Crippen LogP contribution in [0.2, 0.25) is 0 Å². The van der Waals surface area contributed by atoms with Gasteiger partial charge in [0, 0.05) is 41.9 Å². The van der Waals surface area contributed by atoms with Crippen LogP contribution in [0, 0.1) is 0 Å². The third kappa shape index (κ3) is 5.36. The fraction of sp³-hybridized carbons (Fsp3) is 0.467. The predicted octanol–water partition coefficient (Wildman–Crippen LogP) is 5.16. The summed E-state index contributed by atoms with van der Waals surface area (Å²) < 4.78 is 2.03. The van der Waals surface area contributed by atoms with Crippen molar-refractivity contribution in [3.05, 3.63) is 59.2 Å². The Morgan fingerprint density at radius 3 is 2.34 bits per heavy atom. The number of aromatic nitrogens is 4. The summed E-state index contributed by atoms with van der Waals surface area (Å²) in [5.74, 6) is 0.255. The summed E-state index contributed by atoms with van der Waals surface area (Å²) in [4.78, 5) is 27.4. The number of nitrogens with two attached hydrogens (primary N) is 1. The molecule has 4 aromatic rings. The van der Waals surface area contributed by atoms with Crippen LogP contribution < -0.4 is 11.1 Å². The minimum Gasteiger partial charge on any atom is -0.507 e. The number of carbonyl (C=O) groups excluding carboxylic acids is 1. The van der Waals surface area contributed by atoms with Crippen molar-refractivity contribution in [2.24, 2.45) is 5.73 Å². The number of amides is 1. The molecule has 8 heteroatoms. The SMILES string of the molecule is CC(CCN)c1nc2cccnc2c2c1ncn2CCNC(=O)c1cc(C(C)(C)C)c(O)c(C(C)(C)C)c1. The Hall–Kier alpha value is -3.52. The molecule has 1 atom stereocenters. The lowest BCUT2D eigenvalue weighted by Gasteiger charge is -2.28. The van der Waals surface area contributed by atoms with Gasteiger partial charge in [0.15, 0.2) is 0 Å². The highest BCUT2D eigenvalue weighted by atomic mass is 16.3. The van der Waals surface area contributed by atoms with Gasteiger partial charge in [0.05, 0.1) is 23.1 Å². The molecule has 0 saturated heterocycles. The predicted molar refractivity (Wildman–Crippen MR) is 153 cm³/mol. The highest BCUT2D eigenvalue weighted by Crippen LogP contribution is 2.39. The average Bonchev–Trinajstić information content (AvgIpc) is 3.26. The van der Waals surface area contributed by atoms with Gasteiger partial charge in [0.1, 0.15) is 16.8 Å². The van der Waals surface area contributed by atoms with Crippen LogP contribution in [-0.2, 0) is 17.4 Å². The second-order valence-corrected chi connectivity index (χ2v) is 12.2. The van der Waals surface area contributed by atoms with E-state index in [-0.39, 0.29) is 28.4 Å². The number of fused-ring (bicyclic) bond motifs is 3. The van der Waals surface area contributed by atoms with Gasteiger partial charge < -0.3 is 20.7 Å². The second-order valence-electron chi connectivity index (χ2n) is 12.2. The Bertz CT molecular complexity index is 1440. The summed E-state index contributed by atoms with van der Waals surface area (Å²) >= 11 is 0. The number of nitrogens with zero attached hydrogens (tertiary/aromatic N) is 4. The van der Waals surface area contributed by atoms with Crippen LogP contribution in [0.4, 0.5) is 0 Å². The van der Waals surface area contributed by atoms with Crippen molar-refractivity contribution >= 4 is 28.0 Å². The molecule has 38 heavy (non-hydrogen) atoms. The van der Waals surface area contributed by atoms with Crippen molar-refractivity contribution in [3.8, 4) is 5.75 Å². The maximum absolute atomic E-state index is 13.3. The van der Waals surface area contributed by atoms with E-state index < -0.39 is 0 Å². The van der Waals surface area contributed by atoms with Crippen LogP contribution in [0.15, 0.2) is 36.8 Å². The number of carbonyl (C=O) groups is 1. The number of nitrogens with one attached hydrogen (secondary N) is 1. The standard InChI is InChI=1S/C30H40N6O2/c1-18(10-11-31)23-25-26(24-22(35-23)9-8-12-32-24)36(17-34-25)14-13-33-28(38)19-15-20(29(2,3)4)27(37)21(16-19)30(5,6)7/h8-9,12,15-18,37H,10-11,13-14,31H2,1-7H3,(H,33,38). The van der Waals surface area contributed by atoms with Gasteiger partial charge in [-0.15, -0.1) is 0 Å². The van der Waals surface area contributed by atoms with Crippen molar-refractivity contribution < 1.29 is 9.90 Å². The summed E-state index contributed by atoms with van der Waals surface area (Å²) in [7, 11) is 0. The lowest BCUT2D eigenvalue weighted by atomic mass is 9.78. The largest absolute Gasteiger partial charge is 0.507 e. The monoisotopic (exact) mass is 516 g/mol. The van der Waals surface area contributed by atoms with E-state index in [4.69, 9.17) is 15.7 Å². The molecule has 202 valence electrons. The molecular weight excluding hydrogens is 476 g/mol. The number of phenolic OH excluding ortho intramolecular Hbond substituents is 1. The third-order valence-electron chi connectivity index (χ3n) is 7.02. The zero-order chi connectivity index (χ0) is 27.8. The number of pyridine rings is 2. The average molecular weight is 517 g/mol. The molecular formula is C30H40N6O2. The zero-order valence-electron chi connectivity index (χ0n) is 23.6. The first kappa shape index (κ1) is 27.5. The van der Waals surface area contributed by atoms with E-state index in [2.05, 4.69) is 17.2 Å². The molecule has 0 saturated carbocycles. The Kier molecular flexibility index (Phi) is 7.48. The third-order valence-corrected chi connectivity index (χ3v) is 7.02. The topological polar surface area (TPSA) is 119 Å². The van der Waals surface area contributed by atoms with Gasteiger partial charge in [-0.1, -0.05) is 48.5 Å².